The van der Waals surface area contributed by atoms with Gasteiger partial charge in [0, 0.05) is 5.39 Å². The second kappa shape index (κ2) is 8.56. The van der Waals surface area contributed by atoms with Gasteiger partial charge in [-0.2, -0.15) is 0 Å². The van der Waals surface area contributed by atoms with Crippen molar-refractivity contribution in [2.24, 2.45) is 0 Å². The minimum absolute atomic E-state index is 0.133. The SMILES string of the molecule is CCONC(=O)c1cc(F)c(Cl)c(NC(=O)c2cccc3c(N)ncnc23)c1Cl. The highest BCUT2D eigenvalue weighted by atomic mass is 35.5. The van der Waals surface area contributed by atoms with E-state index in [1.807, 2.05) is 0 Å². The van der Waals surface area contributed by atoms with Crippen LogP contribution in [0, 0.1) is 5.82 Å². The van der Waals surface area contributed by atoms with Crippen LogP contribution in [0.2, 0.25) is 10.0 Å². The summed E-state index contributed by atoms with van der Waals surface area (Å²) < 4.78 is 14.3. The average molecular weight is 438 g/mol. The molecule has 0 fully saturated rings. The van der Waals surface area contributed by atoms with E-state index < -0.39 is 22.7 Å². The monoisotopic (exact) mass is 437 g/mol. The number of carbonyl (C=O) groups excluding carboxylic acids is 2. The number of nitrogens with one attached hydrogen (secondary N) is 2. The van der Waals surface area contributed by atoms with Crippen LogP contribution < -0.4 is 16.5 Å². The molecular formula is C18H14Cl2FN5O3. The molecule has 3 aromatic rings. The van der Waals surface area contributed by atoms with E-state index in [0.29, 0.717) is 5.39 Å². The van der Waals surface area contributed by atoms with Crippen LogP contribution in [0.25, 0.3) is 10.9 Å². The Balaban J connectivity index is 2.02. The van der Waals surface area contributed by atoms with E-state index >= 15 is 0 Å². The third-order valence-corrected chi connectivity index (χ3v) is 4.65. The topological polar surface area (TPSA) is 119 Å². The van der Waals surface area contributed by atoms with E-state index in [2.05, 4.69) is 20.8 Å². The molecule has 0 aliphatic heterocycles. The minimum Gasteiger partial charge on any atom is -0.383 e. The number of hydrogen-bond acceptors (Lipinski definition) is 6. The number of rotatable bonds is 5. The van der Waals surface area contributed by atoms with Crippen LogP contribution in [-0.4, -0.2) is 28.4 Å². The molecular weight excluding hydrogens is 424 g/mol. The lowest BCUT2D eigenvalue weighted by atomic mass is 10.1. The summed E-state index contributed by atoms with van der Waals surface area (Å²) in [5, 5.41) is 2.19. The maximum absolute atomic E-state index is 14.3. The van der Waals surface area contributed by atoms with Gasteiger partial charge in [0.2, 0.25) is 0 Å². The fourth-order valence-corrected chi connectivity index (χ4v) is 3.07. The fraction of sp³-hybridized carbons (Fsp3) is 0.111. The highest BCUT2D eigenvalue weighted by molar-refractivity contribution is 6.42. The van der Waals surface area contributed by atoms with Crippen LogP contribution in [0.4, 0.5) is 15.9 Å². The van der Waals surface area contributed by atoms with Crippen molar-refractivity contribution in [3.8, 4) is 0 Å². The summed E-state index contributed by atoms with van der Waals surface area (Å²) in [6.45, 7) is 1.84. The van der Waals surface area contributed by atoms with Gasteiger partial charge in [-0.05, 0) is 25.1 Å². The number of amides is 2. The Morgan fingerprint density at radius 2 is 1.93 bits per heavy atom. The lowest BCUT2D eigenvalue weighted by Gasteiger charge is -2.14. The van der Waals surface area contributed by atoms with Crippen LogP contribution >= 0.6 is 23.2 Å². The molecule has 0 radical (unpaired) electrons. The molecule has 0 saturated carbocycles. The van der Waals surface area contributed by atoms with Crippen molar-refractivity contribution < 1.29 is 18.8 Å². The van der Waals surface area contributed by atoms with Crippen LogP contribution in [0.1, 0.15) is 27.6 Å². The first-order valence-corrected chi connectivity index (χ1v) is 9.00. The lowest BCUT2D eigenvalue weighted by molar-refractivity contribution is 0.0364. The van der Waals surface area contributed by atoms with Gasteiger partial charge in [-0.15, -0.1) is 0 Å². The summed E-state index contributed by atoms with van der Waals surface area (Å²) in [6.07, 6.45) is 1.22. The number of benzene rings is 2. The van der Waals surface area contributed by atoms with Gasteiger partial charge >= 0.3 is 0 Å². The fourth-order valence-electron chi connectivity index (χ4n) is 2.54. The average Bonchev–Trinajstić information content (AvgIpc) is 2.71. The molecule has 0 spiro atoms. The van der Waals surface area contributed by atoms with E-state index in [9.17, 15) is 14.0 Å². The van der Waals surface area contributed by atoms with Crippen LogP contribution in [0.5, 0.6) is 0 Å². The number of nitrogens with two attached hydrogens (primary N) is 1. The number of halogens is 3. The number of hydrogen-bond donors (Lipinski definition) is 3. The maximum atomic E-state index is 14.3. The van der Waals surface area contributed by atoms with Crippen molar-refractivity contribution in [2.75, 3.05) is 17.7 Å². The van der Waals surface area contributed by atoms with E-state index in [4.69, 9.17) is 33.8 Å². The van der Waals surface area contributed by atoms with Gasteiger partial charge in [-0.25, -0.2) is 19.8 Å². The van der Waals surface area contributed by atoms with E-state index in [-0.39, 0.29) is 39.8 Å². The molecule has 4 N–H and O–H groups in total. The van der Waals surface area contributed by atoms with Gasteiger partial charge in [0.25, 0.3) is 11.8 Å². The number of para-hydroxylation sites is 1. The molecule has 0 unspecified atom stereocenters. The van der Waals surface area contributed by atoms with Crippen molar-refractivity contribution in [1.29, 1.82) is 0 Å². The summed E-state index contributed by atoms with van der Waals surface area (Å²) >= 11 is 12.2. The zero-order valence-electron chi connectivity index (χ0n) is 14.9. The van der Waals surface area contributed by atoms with Gasteiger partial charge in [-0.3, -0.25) is 14.4 Å². The summed E-state index contributed by atoms with van der Waals surface area (Å²) in [5.41, 5.74) is 7.80. The third-order valence-electron chi connectivity index (χ3n) is 3.89. The Kier molecular flexibility index (Phi) is 6.12. The Morgan fingerprint density at radius 3 is 2.66 bits per heavy atom. The Morgan fingerprint density at radius 1 is 1.17 bits per heavy atom. The number of nitrogens with zero attached hydrogens (tertiary/aromatic N) is 2. The molecule has 1 aromatic heterocycles. The van der Waals surface area contributed by atoms with Gasteiger partial charge in [0.15, 0.2) is 0 Å². The second-order valence-electron chi connectivity index (χ2n) is 5.69. The normalized spacial score (nSPS) is 10.8. The first-order chi connectivity index (χ1) is 13.8. The quantitative estimate of drug-likeness (QED) is 0.414. The molecule has 150 valence electrons. The highest BCUT2D eigenvalue weighted by Gasteiger charge is 2.23. The van der Waals surface area contributed by atoms with Gasteiger partial charge in [0.1, 0.15) is 23.0 Å². The molecule has 1 heterocycles. The number of hydroxylamine groups is 1. The summed E-state index contributed by atoms with van der Waals surface area (Å²) in [4.78, 5) is 37.7. The molecule has 0 bridgehead atoms. The van der Waals surface area contributed by atoms with Crippen molar-refractivity contribution >= 4 is 57.4 Å². The molecule has 2 aromatic carbocycles. The van der Waals surface area contributed by atoms with Gasteiger partial charge in [0.05, 0.1) is 34.0 Å². The van der Waals surface area contributed by atoms with Crippen LogP contribution in [-0.2, 0) is 4.84 Å². The van der Waals surface area contributed by atoms with Crippen molar-refractivity contribution in [3.63, 3.8) is 0 Å². The smallest absolute Gasteiger partial charge is 0.276 e. The Bertz CT molecular complexity index is 1130. The molecule has 8 nitrogen and oxygen atoms in total. The molecule has 3 rings (SSSR count). The molecule has 29 heavy (non-hydrogen) atoms. The zero-order valence-corrected chi connectivity index (χ0v) is 16.4. The number of nitrogen functional groups attached to an aromatic ring is 1. The predicted molar refractivity (Wildman–Crippen MR) is 107 cm³/mol. The molecule has 2 amide bonds. The van der Waals surface area contributed by atoms with Crippen molar-refractivity contribution in [3.05, 3.63) is 57.6 Å². The zero-order chi connectivity index (χ0) is 21.1. The minimum atomic E-state index is -0.947. The standard InChI is InChI=1S/C18H14Cl2FN5O3/c1-2-29-26-18(28)10-6-11(21)13(20)15(12(10)19)25-17(27)9-5-3-4-8-14(9)23-7-24-16(8)22/h3-7H,2H2,1H3,(H,25,27)(H,26,28)(H2,22,23,24). The third kappa shape index (κ3) is 4.07. The number of carbonyl (C=O) groups is 2. The molecule has 0 aliphatic rings. The van der Waals surface area contributed by atoms with Crippen molar-refractivity contribution in [2.45, 2.75) is 6.92 Å². The van der Waals surface area contributed by atoms with Crippen LogP contribution in [0.15, 0.2) is 30.6 Å². The first kappa shape index (κ1) is 20.7. The Labute approximate surface area is 174 Å². The highest BCUT2D eigenvalue weighted by Crippen LogP contribution is 2.36. The van der Waals surface area contributed by atoms with Crippen LogP contribution in [0.3, 0.4) is 0 Å². The van der Waals surface area contributed by atoms with E-state index in [1.54, 1.807) is 19.1 Å². The summed E-state index contributed by atoms with van der Waals surface area (Å²) in [7, 11) is 0. The molecule has 11 heteroatoms. The van der Waals surface area contributed by atoms with E-state index in [0.717, 1.165) is 6.07 Å². The lowest BCUT2D eigenvalue weighted by Crippen LogP contribution is -2.24. The Hall–Kier alpha value is -3.01. The largest absolute Gasteiger partial charge is 0.383 e. The molecule has 0 atom stereocenters. The molecule has 0 aliphatic carbocycles. The van der Waals surface area contributed by atoms with E-state index in [1.165, 1.54) is 12.4 Å². The number of anilines is 2. The predicted octanol–water partition coefficient (Wildman–Crippen LogP) is 3.59. The maximum Gasteiger partial charge on any atom is 0.276 e. The summed E-state index contributed by atoms with van der Waals surface area (Å²) in [5.74, 6) is -2.23. The number of aromatic nitrogens is 2. The van der Waals surface area contributed by atoms with Crippen molar-refractivity contribution in [1.82, 2.24) is 15.4 Å². The second-order valence-corrected chi connectivity index (χ2v) is 6.44. The first-order valence-electron chi connectivity index (χ1n) is 8.25. The van der Waals surface area contributed by atoms with Gasteiger partial charge in [-0.1, -0.05) is 29.3 Å². The molecule has 0 saturated heterocycles. The van der Waals surface area contributed by atoms with Gasteiger partial charge < -0.3 is 11.1 Å². The summed E-state index contributed by atoms with van der Waals surface area (Å²) in [6, 6.07) is 5.58. The number of fused-ring (bicyclic) bond motifs is 1.